The average molecular weight is 402 g/mol. The number of carbonyl (C=O) groups excluding carboxylic acids is 1. The Balaban J connectivity index is 1.86. The molecule has 0 aliphatic carbocycles. The summed E-state index contributed by atoms with van der Waals surface area (Å²) in [4.78, 5) is 18.5. The van der Waals surface area contributed by atoms with E-state index in [4.69, 9.17) is 13.9 Å². The minimum Gasteiger partial charge on any atom is -0.493 e. The van der Waals surface area contributed by atoms with Gasteiger partial charge in [0.05, 0.1) is 27.0 Å². The molecule has 0 saturated carbocycles. The number of likely N-dealkylation sites (N-methyl/N-ethyl adjacent to an activating group) is 1. The molecule has 0 bridgehead atoms. The first-order valence-electron chi connectivity index (χ1n) is 9.61. The number of guanidine groups is 1. The van der Waals surface area contributed by atoms with Crippen molar-refractivity contribution in [2.24, 2.45) is 4.99 Å². The van der Waals surface area contributed by atoms with Crippen molar-refractivity contribution in [3.63, 3.8) is 0 Å². The van der Waals surface area contributed by atoms with Gasteiger partial charge in [-0.25, -0.2) is 0 Å². The highest BCUT2D eigenvalue weighted by atomic mass is 16.5. The van der Waals surface area contributed by atoms with E-state index in [0.29, 0.717) is 18.8 Å². The van der Waals surface area contributed by atoms with Crippen LogP contribution in [0.15, 0.2) is 46.0 Å². The molecule has 0 saturated heterocycles. The third kappa shape index (κ3) is 6.74. The molecule has 8 nitrogen and oxygen atoms in total. The van der Waals surface area contributed by atoms with Gasteiger partial charge in [0, 0.05) is 26.7 Å². The van der Waals surface area contributed by atoms with Crippen molar-refractivity contribution in [3.05, 3.63) is 47.9 Å². The fourth-order valence-corrected chi connectivity index (χ4v) is 2.73. The minimum atomic E-state index is -0.239. The monoisotopic (exact) mass is 402 g/mol. The quantitative estimate of drug-likeness (QED) is 0.360. The van der Waals surface area contributed by atoms with E-state index in [9.17, 15) is 4.79 Å². The van der Waals surface area contributed by atoms with Crippen molar-refractivity contribution >= 4 is 11.9 Å². The van der Waals surface area contributed by atoms with E-state index in [1.54, 1.807) is 26.4 Å². The molecule has 158 valence electrons. The largest absolute Gasteiger partial charge is 0.493 e. The van der Waals surface area contributed by atoms with Crippen LogP contribution >= 0.6 is 0 Å². The van der Waals surface area contributed by atoms with Crippen LogP contribution in [0.25, 0.3) is 0 Å². The Morgan fingerprint density at radius 2 is 1.97 bits per heavy atom. The number of nitrogens with one attached hydrogen (secondary N) is 2. The van der Waals surface area contributed by atoms with Gasteiger partial charge < -0.3 is 29.4 Å². The van der Waals surface area contributed by atoms with Crippen molar-refractivity contribution in [2.45, 2.75) is 13.3 Å². The third-order valence-corrected chi connectivity index (χ3v) is 4.28. The van der Waals surface area contributed by atoms with E-state index in [-0.39, 0.29) is 5.91 Å². The van der Waals surface area contributed by atoms with Crippen molar-refractivity contribution in [3.8, 4) is 11.5 Å². The van der Waals surface area contributed by atoms with Gasteiger partial charge in [0.1, 0.15) is 0 Å². The first-order valence-corrected chi connectivity index (χ1v) is 9.61. The van der Waals surface area contributed by atoms with E-state index in [0.717, 1.165) is 42.5 Å². The first-order chi connectivity index (χ1) is 14.1. The molecule has 0 radical (unpaired) electrons. The number of amides is 1. The predicted molar refractivity (Wildman–Crippen MR) is 113 cm³/mol. The second kappa shape index (κ2) is 11.6. The molecule has 2 rings (SSSR count). The molecule has 0 unspecified atom stereocenters. The van der Waals surface area contributed by atoms with Crippen LogP contribution in [0.5, 0.6) is 11.5 Å². The lowest BCUT2D eigenvalue weighted by atomic mass is 10.1. The van der Waals surface area contributed by atoms with Crippen molar-refractivity contribution in [1.29, 1.82) is 0 Å². The summed E-state index contributed by atoms with van der Waals surface area (Å²) in [6, 6.07) is 9.24. The number of furan rings is 1. The number of rotatable bonds is 10. The number of hydrogen-bond acceptors (Lipinski definition) is 5. The summed E-state index contributed by atoms with van der Waals surface area (Å²) in [6.07, 6.45) is 2.31. The SMILES string of the molecule is CCNC(=NCCNC(=O)c1ccco1)N(C)CCc1ccc(OC)c(OC)c1. The predicted octanol–water partition coefficient (Wildman–Crippen LogP) is 2.17. The van der Waals surface area contributed by atoms with Gasteiger partial charge in [-0.15, -0.1) is 0 Å². The zero-order valence-corrected chi connectivity index (χ0v) is 17.5. The van der Waals surface area contributed by atoms with Gasteiger partial charge in [-0.1, -0.05) is 6.07 Å². The molecule has 0 spiro atoms. The Labute approximate surface area is 171 Å². The molecule has 0 atom stereocenters. The fraction of sp³-hybridized carbons (Fsp3) is 0.429. The van der Waals surface area contributed by atoms with Crippen molar-refractivity contribution < 1.29 is 18.7 Å². The van der Waals surface area contributed by atoms with Crippen LogP contribution < -0.4 is 20.1 Å². The van der Waals surface area contributed by atoms with Gasteiger partial charge >= 0.3 is 0 Å². The van der Waals surface area contributed by atoms with E-state index in [2.05, 4.69) is 20.5 Å². The van der Waals surface area contributed by atoms with Crippen LogP contribution in [0, 0.1) is 0 Å². The van der Waals surface area contributed by atoms with Crippen LogP contribution in [-0.2, 0) is 6.42 Å². The normalized spacial score (nSPS) is 11.1. The summed E-state index contributed by atoms with van der Waals surface area (Å²) in [5, 5.41) is 6.07. The molecule has 2 N–H and O–H groups in total. The zero-order valence-electron chi connectivity index (χ0n) is 17.5. The molecule has 0 aliphatic rings. The lowest BCUT2D eigenvalue weighted by molar-refractivity contribution is 0.0927. The van der Waals surface area contributed by atoms with Crippen LogP contribution in [-0.4, -0.2) is 64.2 Å². The maximum absolute atomic E-state index is 11.9. The first kappa shape index (κ1) is 22.1. The van der Waals surface area contributed by atoms with Crippen molar-refractivity contribution in [1.82, 2.24) is 15.5 Å². The molecule has 1 amide bonds. The highest BCUT2D eigenvalue weighted by molar-refractivity contribution is 5.91. The second-order valence-corrected chi connectivity index (χ2v) is 6.33. The number of benzene rings is 1. The molecule has 29 heavy (non-hydrogen) atoms. The van der Waals surface area contributed by atoms with E-state index < -0.39 is 0 Å². The van der Waals surface area contributed by atoms with Crippen LogP contribution in [0.4, 0.5) is 0 Å². The van der Waals surface area contributed by atoms with Gasteiger partial charge in [0.25, 0.3) is 5.91 Å². The maximum Gasteiger partial charge on any atom is 0.287 e. The number of methoxy groups -OCH3 is 2. The van der Waals surface area contributed by atoms with Crippen LogP contribution in [0.2, 0.25) is 0 Å². The summed E-state index contributed by atoms with van der Waals surface area (Å²) < 4.78 is 15.7. The lowest BCUT2D eigenvalue weighted by Crippen LogP contribution is -2.40. The molecular weight excluding hydrogens is 372 g/mol. The molecular formula is C21H30N4O4. The summed E-state index contributed by atoms with van der Waals surface area (Å²) in [7, 11) is 5.25. The smallest absolute Gasteiger partial charge is 0.287 e. The number of nitrogens with zero attached hydrogens (tertiary/aromatic N) is 2. The Bertz CT molecular complexity index is 790. The van der Waals surface area contributed by atoms with Gasteiger partial charge in [0.15, 0.2) is 23.2 Å². The standard InChI is InChI=1S/C21H30N4O4/c1-5-22-21(24-12-11-23-20(26)18-7-6-14-29-18)25(2)13-10-16-8-9-17(27-3)19(15-16)28-4/h6-9,14-15H,5,10-13H2,1-4H3,(H,22,24)(H,23,26). The van der Waals surface area contributed by atoms with Crippen LogP contribution in [0.1, 0.15) is 23.0 Å². The summed E-state index contributed by atoms with van der Waals surface area (Å²) in [5.41, 5.74) is 1.15. The number of carbonyl (C=O) groups is 1. The molecule has 0 aliphatic heterocycles. The highest BCUT2D eigenvalue weighted by Crippen LogP contribution is 2.27. The Morgan fingerprint density at radius 1 is 1.17 bits per heavy atom. The lowest BCUT2D eigenvalue weighted by Gasteiger charge is -2.22. The molecule has 1 aromatic heterocycles. The van der Waals surface area contributed by atoms with Crippen molar-refractivity contribution in [2.75, 3.05) is 47.4 Å². The second-order valence-electron chi connectivity index (χ2n) is 6.33. The molecule has 1 heterocycles. The topological polar surface area (TPSA) is 88.3 Å². The number of ether oxygens (including phenoxy) is 2. The number of hydrogen-bond donors (Lipinski definition) is 2. The maximum atomic E-state index is 11.9. The van der Waals surface area contributed by atoms with E-state index in [1.165, 1.54) is 6.26 Å². The Kier molecular flexibility index (Phi) is 8.88. The zero-order chi connectivity index (χ0) is 21.1. The van der Waals surface area contributed by atoms with E-state index >= 15 is 0 Å². The average Bonchev–Trinajstić information content (AvgIpc) is 3.28. The highest BCUT2D eigenvalue weighted by Gasteiger charge is 2.09. The van der Waals surface area contributed by atoms with Gasteiger partial charge in [-0.2, -0.15) is 0 Å². The van der Waals surface area contributed by atoms with Gasteiger partial charge in [0.2, 0.25) is 0 Å². The van der Waals surface area contributed by atoms with Gasteiger partial charge in [-0.05, 0) is 43.2 Å². The van der Waals surface area contributed by atoms with Gasteiger partial charge in [-0.3, -0.25) is 9.79 Å². The summed E-state index contributed by atoms with van der Waals surface area (Å²) >= 11 is 0. The van der Waals surface area contributed by atoms with E-state index in [1.807, 2.05) is 32.2 Å². The third-order valence-electron chi connectivity index (χ3n) is 4.28. The molecule has 8 heteroatoms. The summed E-state index contributed by atoms with van der Waals surface area (Å²) in [6.45, 7) is 4.46. The molecule has 0 fully saturated rings. The Hall–Kier alpha value is -3.16. The fourth-order valence-electron chi connectivity index (χ4n) is 2.73. The molecule has 1 aromatic carbocycles. The summed E-state index contributed by atoms with van der Waals surface area (Å²) in [5.74, 6) is 2.29. The minimum absolute atomic E-state index is 0.239. The molecule has 2 aromatic rings. The number of aliphatic imine (C=N–C) groups is 1. The Morgan fingerprint density at radius 3 is 2.62 bits per heavy atom. The van der Waals surface area contributed by atoms with Crippen LogP contribution in [0.3, 0.4) is 0 Å².